The Morgan fingerprint density at radius 1 is 1.46 bits per heavy atom. The van der Waals surface area contributed by atoms with Crippen LogP contribution in [-0.2, 0) is 9.59 Å². The fourth-order valence-corrected chi connectivity index (χ4v) is 1.96. The number of hydrogen-bond donors (Lipinski definition) is 2. The number of hydrogen-bond acceptors (Lipinski definition) is 2. The Balaban J connectivity index is 2.43. The van der Waals surface area contributed by atoms with Crippen molar-refractivity contribution in [2.24, 2.45) is 5.92 Å². The molecule has 2 N–H and O–H groups in total. The molecule has 13 heavy (non-hydrogen) atoms. The lowest BCUT2D eigenvalue weighted by molar-refractivity contribution is -0.138. The van der Waals surface area contributed by atoms with Crippen molar-refractivity contribution < 1.29 is 14.7 Å². The molecule has 0 heterocycles. The molecule has 0 saturated heterocycles. The van der Waals surface area contributed by atoms with Crippen molar-refractivity contribution in [3.8, 4) is 0 Å². The third-order valence-electron chi connectivity index (χ3n) is 2.48. The van der Waals surface area contributed by atoms with Gasteiger partial charge in [0.25, 0.3) is 0 Å². The summed E-state index contributed by atoms with van der Waals surface area (Å²) in [7, 11) is 0. The number of amides is 1. The highest BCUT2D eigenvalue weighted by molar-refractivity contribution is 5.73. The quantitative estimate of drug-likeness (QED) is 0.682. The number of carboxylic acids is 1. The zero-order valence-electron chi connectivity index (χ0n) is 7.75. The average Bonchev–Trinajstić information content (AvgIpc) is 2.34. The molecular weight excluding hydrogens is 170 g/mol. The highest BCUT2D eigenvalue weighted by Gasteiger charge is 2.29. The molecule has 0 unspecified atom stereocenters. The molecule has 1 aliphatic rings. The number of nitrogens with one attached hydrogen (secondary N) is 1. The number of carboxylic acid groups (broad SMARTS) is 1. The van der Waals surface area contributed by atoms with Gasteiger partial charge in [-0.1, -0.05) is 6.42 Å². The Hall–Kier alpha value is -1.06. The highest BCUT2D eigenvalue weighted by Crippen LogP contribution is 2.28. The first-order valence-electron chi connectivity index (χ1n) is 4.58. The van der Waals surface area contributed by atoms with E-state index >= 15 is 0 Å². The summed E-state index contributed by atoms with van der Waals surface area (Å²) in [6.07, 6.45) is 3.02. The van der Waals surface area contributed by atoms with Crippen LogP contribution in [0, 0.1) is 5.92 Å². The molecule has 1 rings (SSSR count). The van der Waals surface area contributed by atoms with Crippen LogP contribution in [0.2, 0.25) is 0 Å². The third-order valence-corrected chi connectivity index (χ3v) is 2.48. The van der Waals surface area contributed by atoms with Crippen LogP contribution >= 0.6 is 0 Å². The second-order valence-electron chi connectivity index (χ2n) is 3.60. The molecule has 4 nitrogen and oxygen atoms in total. The summed E-state index contributed by atoms with van der Waals surface area (Å²) in [4.78, 5) is 21.2. The van der Waals surface area contributed by atoms with E-state index in [1.165, 1.54) is 6.92 Å². The lowest BCUT2D eigenvalue weighted by atomic mass is 10.00. The molecule has 1 aliphatic carbocycles. The standard InChI is InChI=1S/C9H15NO3/c1-6(11)10-8-4-2-3-7(8)5-9(12)13/h7-8H,2-5H2,1H3,(H,10,11)(H,12,13)/t7-,8-/m1/s1. The SMILES string of the molecule is CC(=O)N[C@@H]1CCC[C@@H]1CC(=O)O. The summed E-state index contributed by atoms with van der Waals surface area (Å²) >= 11 is 0. The lowest BCUT2D eigenvalue weighted by Crippen LogP contribution is -2.36. The molecule has 0 aromatic carbocycles. The van der Waals surface area contributed by atoms with Crippen LogP contribution < -0.4 is 5.32 Å². The van der Waals surface area contributed by atoms with Crippen LogP contribution in [0.4, 0.5) is 0 Å². The maximum absolute atomic E-state index is 10.8. The maximum Gasteiger partial charge on any atom is 0.303 e. The molecule has 74 valence electrons. The van der Waals surface area contributed by atoms with E-state index in [1.54, 1.807) is 0 Å². The Labute approximate surface area is 77.3 Å². The molecule has 0 bridgehead atoms. The summed E-state index contributed by atoms with van der Waals surface area (Å²) in [6.45, 7) is 1.47. The van der Waals surface area contributed by atoms with Crippen LogP contribution in [-0.4, -0.2) is 23.0 Å². The summed E-state index contributed by atoms with van der Waals surface area (Å²) in [5.41, 5.74) is 0. The molecular formula is C9H15NO3. The Kier molecular flexibility index (Phi) is 3.28. The van der Waals surface area contributed by atoms with Crippen molar-refractivity contribution in [2.45, 2.75) is 38.6 Å². The first kappa shape index (κ1) is 10.0. The van der Waals surface area contributed by atoms with Crippen molar-refractivity contribution in [3.63, 3.8) is 0 Å². The number of carbonyl (C=O) groups excluding carboxylic acids is 1. The molecule has 1 amide bonds. The molecule has 0 radical (unpaired) electrons. The summed E-state index contributed by atoms with van der Waals surface area (Å²) in [6, 6.07) is 0.0774. The Bertz CT molecular complexity index is 193. The molecule has 0 aromatic rings. The van der Waals surface area contributed by atoms with E-state index in [9.17, 15) is 9.59 Å². The van der Waals surface area contributed by atoms with Gasteiger partial charge in [0, 0.05) is 13.0 Å². The number of carbonyl (C=O) groups is 2. The van der Waals surface area contributed by atoms with E-state index in [4.69, 9.17) is 5.11 Å². The van der Waals surface area contributed by atoms with Gasteiger partial charge in [-0.25, -0.2) is 0 Å². The smallest absolute Gasteiger partial charge is 0.303 e. The zero-order valence-corrected chi connectivity index (χ0v) is 7.75. The average molecular weight is 185 g/mol. The predicted octanol–water partition coefficient (Wildman–Crippen LogP) is 0.766. The summed E-state index contributed by atoms with van der Waals surface area (Å²) in [5.74, 6) is -0.717. The summed E-state index contributed by atoms with van der Waals surface area (Å²) < 4.78 is 0. The molecule has 4 heteroatoms. The summed E-state index contributed by atoms with van der Waals surface area (Å²) in [5, 5.41) is 11.4. The molecule has 0 aromatic heterocycles. The van der Waals surface area contributed by atoms with Gasteiger partial charge in [0.1, 0.15) is 0 Å². The van der Waals surface area contributed by atoms with Crippen LogP contribution in [0.5, 0.6) is 0 Å². The zero-order chi connectivity index (χ0) is 9.84. The second kappa shape index (κ2) is 4.25. The van der Waals surface area contributed by atoms with Crippen molar-refractivity contribution in [1.29, 1.82) is 0 Å². The van der Waals surface area contributed by atoms with E-state index in [-0.39, 0.29) is 24.3 Å². The van der Waals surface area contributed by atoms with Crippen molar-refractivity contribution >= 4 is 11.9 Å². The molecule has 1 fully saturated rings. The first-order chi connectivity index (χ1) is 6.09. The second-order valence-corrected chi connectivity index (χ2v) is 3.60. The molecule has 0 spiro atoms. The van der Waals surface area contributed by atoms with E-state index in [1.807, 2.05) is 0 Å². The topological polar surface area (TPSA) is 66.4 Å². The molecule has 1 saturated carbocycles. The van der Waals surface area contributed by atoms with Crippen molar-refractivity contribution in [3.05, 3.63) is 0 Å². The van der Waals surface area contributed by atoms with Gasteiger partial charge < -0.3 is 10.4 Å². The monoisotopic (exact) mass is 185 g/mol. The Morgan fingerprint density at radius 3 is 2.69 bits per heavy atom. The van der Waals surface area contributed by atoms with Gasteiger partial charge in [0.05, 0.1) is 6.42 Å². The molecule has 0 aliphatic heterocycles. The largest absolute Gasteiger partial charge is 0.481 e. The van der Waals surface area contributed by atoms with Crippen LogP contribution in [0.3, 0.4) is 0 Å². The van der Waals surface area contributed by atoms with Gasteiger partial charge in [0.2, 0.25) is 5.91 Å². The normalized spacial score (nSPS) is 27.2. The first-order valence-corrected chi connectivity index (χ1v) is 4.58. The minimum absolute atomic E-state index is 0.0673. The van der Waals surface area contributed by atoms with Gasteiger partial charge in [-0.05, 0) is 18.8 Å². The fraction of sp³-hybridized carbons (Fsp3) is 0.778. The van der Waals surface area contributed by atoms with Crippen molar-refractivity contribution in [2.75, 3.05) is 0 Å². The van der Waals surface area contributed by atoms with Gasteiger partial charge in [-0.2, -0.15) is 0 Å². The van der Waals surface area contributed by atoms with Crippen LogP contribution in [0.1, 0.15) is 32.6 Å². The van der Waals surface area contributed by atoms with Crippen molar-refractivity contribution in [1.82, 2.24) is 5.32 Å². The maximum atomic E-state index is 10.8. The molecule has 2 atom stereocenters. The van der Waals surface area contributed by atoms with Gasteiger partial charge in [-0.3, -0.25) is 9.59 Å². The number of rotatable bonds is 3. The third kappa shape index (κ3) is 3.05. The van der Waals surface area contributed by atoms with E-state index < -0.39 is 5.97 Å². The number of aliphatic carboxylic acids is 1. The van der Waals surface area contributed by atoms with Gasteiger partial charge in [0.15, 0.2) is 0 Å². The minimum Gasteiger partial charge on any atom is -0.481 e. The lowest BCUT2D eigenvalue weighted by Gasteiger charge is -2.18. The fourth-order valence-electron chi connectivity index (χ4n) is 1.96. The highest BCUT2D eigenvalue weighted by atomic mass is 16.4. The van der Waals surface area contributed by atoms with Gasteiger partial charge >= 0.3 is 5.97 Å². The minimum atomic E-state index is -0.776. The van der Waals surface area contributed by atoms with E-state index in [0.717, 1.165) is 19.3 Å². The van der Waals surface area contributed by atoms with E-state index in [2.05, 4.69) is 5.32 Å². The Morgan fingerprint density at radius 2 is 2.15 bits per heavy atom. The van der Waals surface area contributed by atoms with Gasteiger partial charge in [-0.15, -0.1) is 0 Å². The van der Waals surface area contributed by atoms with Crippen LogP contribution in [0.15, 0.2) is 0 Å². The predicted molar refractivity (Wildman–Crippen MR) is 47.2 cm³/mol. The van der Waals surface area contributed by atoms with E-state index in [0.29, 0.717) is 0 Å². The van der Waals surface area contributed by atoms with Crippen LogP contribution in [0.25, 0.3) is 0 Å².